The van der Waals surface area contributed by atoms with Gasteiger partial charge in [0, 0.05) is 11.6 Å². The zero-order valence-electron chi connectivity index (χ0n) is 13.4. The van der Waals surface area contributed by atoms with Crippen LogP contribution in [-0.2, 0) is 0 Å². The van der Waals surface area contributed by atoms with E-state index in [0.29, 0.717) is 16.6 Å². The molecular weight excluding hydrogens is 417 g/mol. The van der Waals surface area contributed by atoms with Gasteiger partial charge in [-0.25, -0.2) is 9.89 Å². The molecule has 1 fully saturated rings. The van der Waals surface area contributed by atoms with Crippen molar-refractivity contribution in [2.45, 2.75) is 18.8 Å². The normalized spacial score (nSPS) is 13.6. The zero-order valence-corrected chi connectivity index (χ0v) is 15.7. The minimum atomic E-state index is -0.714. The molecule has 2 N–H and O–H groups in total. The van der Waals surface area contributed by atoms with E-state index in [0.717, 1.165) is 18.4 Å². The van der Waals surface area contributed by atoms with Gasteiger partial charge in [0.15, 0.2) is 16.6 Å². The monoisotopic (exact) mass is 425 g/mol. The number of aromatic nitrogens is 5. The van der Waals surface area contributed by atoms with E-state index in [-0.39, 0.29) is 27.4 Å². The molecule has 1 aliphatic carbocycles. The Labute approximate surface area is 166 Å². The molecular formula is C16H10Cl3N5O3. The number of nitrogens with one attached hydrogen (secondary N) is 2. The number of ether oxygens (including phenoxy) is 1. The molecule has 0 spiro atoms. The first kappa shape index (κ1) is 18.0. The van der Waals surface area contributed by atoms with Crippen LogP contribution in [-0.4, -0.2) is 25.4 Å². The van der Waals surface area contributed by atoms with Gasteiger partial charge in [0.1, 0.15) is 0 Å². The van der Waals surface area contributed by atoms with Gasteiger partial charge in [-0.15, -0.1) is 10.2 Å². The summed E-state index contributed by atoms with van der Waals surface area (Å²) in [5.41, 5.74) is -0.233. The fourth-order valence-corrected chi connectivity index (χ4v) is 3.36. The highest BCUT2D eigenvalue weighted by Gasteiger charge is 2.27. The Kier molecular flexibility index (Phi) is 4.63. The molecule has 0 amide bonds. The van der Waals surface area contributed by atoms with Crippen molar-refractivity contribution in [3.63, 3.8) is 0 Å². The molecule has 0 unspecified atom stereocenters. The number of rotatable bonds is 4. The number of halogens is 3. The maximum Gasteiger partial charge on any atom is 0.342 e. The highest BCUT2D eigenvalue weighted by molar-refractivity contribution is 6.37. The van der Waals surface area contributed by atoms with Crippen LogP contribution in [0, 0.1) is 0 Å². The number of aromatic amines is 2. The summed E-state index contributed by atoms with van der Waals surface area (Å²) in [6.45, 7) is 0. The molecule has 0 bridgehead atoms. The van der Waals surface area contributed by atoms with Crippen molar-refractivity contribution < 1.29 is 4.74 Å². The standard InChI is InChI=1S/C16H10Cl3N5O3/c17-9-3-7(12-15(25)20-16(26)24-22-12)4-10(18)13(9)27-11-5-8(6-1-2-6)14(19)23-21-11/h3-6H,1-2H2,(H2,20,24,25,26). The van der Waals surface area contributed by atoms with Crippen LogP contribution < -0.4 is 16.0 Å². The fourth-order valence-electron chi connectivity index (χ4n) is 2.54. The van der Waals surface area contributed by atoms with E-state index in [9.17, 15) is 9.59 Å². The Morgan fingerprint density at radius 3 is 2.37 bits per heavy atom. The first-order valence-corrected chi connectivity index (χ1v) is 8.95. The molecule has 0 atom stereocenters. The van der Waals surface area contributed by atoms with E-state index < -0.39 is 11.2 Å². The third kappa shape index (κ3) is 3.69. The molecule has 2 heterocycles. The van der Waals surface area contributed by atoms with Gasteiger partial charge in [0.05, 0.1) is 10.0 Å². The second-order valence-electron chi connectivity index (χ2n) is 5.93. The second-order valence-corrected chi connectivity index (χ2v) is 7.10. The van der Waals surface area contributed by atoms with Crippen molar-refractivity contribution in [3.8, 4) is 22.9 Å². The maximum atomic E-state index is 11.9. The molecule has 0 saturated heterocycles. The van der Waals surface area contributed by atoms with Crippen molar-refractivity contribution >= 4 is 34.8 Å². The maximum absolute atomic E-state index is 11.9. The predicted octanol–water partition coefficient (Wildman–Crippen LogP) is 3.55. The first-order valence-electron chi connectivity index (χ1n) is 7.82. The summed E-state index contributed by atoms with van der Waals surface area (Å²) in [6, 6.07) is 4.61. The van der Waals surface area contributed by atoms with Crippen molar-refractivity contribution in [1.29, 1.82) is 0 Å². The SMILES string of the molecule is O=c1[nH]nc(-c2cc(Cl)c(Oc3cc(C4CC4)c(Cl)nn3)c(Cl)c2)c(=O)[nH]1. The zero-order chi connectivity index (χ0) is 19.1. The van der Waals surface area contributed by atoms with E-state index in [1.54, 1.807) is 6.07 Å². The van der Waals surface area contributed by atoms with Crippen LogP contribution in [0.15, 0.2) is 27.8 Å². The van der Waals surface area contributed by atoms with Crippen LogP contribution in [0.2, 0.25) is 15.2 Å². The smallest absolute Gasteiger partial charge is 0.342 e. The highest BCUT2D eigenvalue weighted by Crippen LogP contribution is 2.44. The summed E-state index contributed by atoms with van der Waals surface area (Å²) < 4.78 is 5.69. The van der Waals surface area contributed by atoms with Gasteiger partial charge in [-0.1, -0.05) is 34.8 Å². The van der Waals surface area contributed by atoms with Gasteiger partial charge in [-0.05, 0) is 36.5 Å². The highest BCUT2D eigenvalue weighted by atomic mass is 35.5. The molecule has 1 saturated carbocycles. The second kappa shape index (κ2) is 6.95. The molecule has 1 aromatic carbocycles. The van der Waals surface area contributed by atoms with Gasteiger partial charge >= 0.3 is 5.69 Å². The van der Waals surface area contributed by atoms with Gasteiger partial charge in [0.25, 0.3) is 5.56 Å². The number of H-pyrrole nitrogens is 2. The van der Waals surface area contributed by atoms with Crippen LogP contribution >= 0.6 is 34.8 Å². The summed E-state index contributed by atoms with van der Waals surface area (Å²) in [5, 5.41) is 14.3. The summed E-state index contributed by atoms with van der Waals surface area (Å²) >= 11 is 18.6. The largest absolute Gasteiger partial charge is 0.434 e. The Morgan fingerprint density at radius 1 is 1.04 bits per heavy atom. The van der Waals surface area contributed by atoms with Gasteiger partial charge in [-0.2, -0.15) is 5.10 Å². The van der Waals surface area contributed by atoms with Crippen LogP contribution in [0.3, 0.4) is 0 Å². The lowest BCUT2D eigenvalue weighted by molar-refractivity contribution is 0.454. The Bertz CT molecular complexity index is 1130. The molecule has 2 aromatic heterocycles. The Balaban J connectivity index is 1.69. The predicted molar refractivity (Wildman–Crippen MR) is 100 cm³/mol. The van der Waals surface area contributed by atoms with E-state index in [2.05, 4.69) is 25.4 Å². The van der Waals surface area contributed by atoms with E-state index >= 15 is 0 Å². The molecule has 8 nitrogen and oxygen atoms in total. The van der Waals surface area contributed by atoms with Crippen LogP contribution in [0.5, 0.6) is 11.6 Å². The summed E-state index contributed by atoms with van der Waals surface area (Å²) in [4.78, 5) is 25.1. The number of nitrogens with zero attached hydrogens (tertiary/aromatic N) is 3. The molecule has 138 valence electrons. The Hall–Kier alpha value is -2.42. The lowest BCUT2D eigenvalue weighted by Crippen LogP contribution is -2.25. The number of benzene rings is 1. The van der Waals surface area contributed by atoms with Gasteiger partial charge in [0.2, 0.25) is 5.88 Å². The average Bonchev–Trinajstić information content (AvgIpc) is 3.44. The minimum Gasteiger partial charge on any atom is -0.434 e. The van der Waals surface area contributed by atoms with Gasteiger partial charge in [-0.3, -0.25) is 9.78 Å². The van der Waals surface area contributed by atoms with Gasteiger partial charge < -0.3 is 4.74 Å². The van der Waals surface area contributed by atoms with Crippen LogP contribution in [0.25, 0.3) is 11.3 Å². The average molecular weight is 427 g/mol. The summed E-state index contributed by atoms with van der Waals surface area (Å²) in [6.07, 6.45) is 2.09. The topological polar surface area (TPSA) is 114 Å². The van der Waals surface area contributed by atoms with E-state index in [4.69, 9.17) is 39.5 Å². The molecule has 0 radical (unpaired) electrons. The molecule has 27 heavy (non-hydrogen) atoms. The van der Waals surface area contributed by atoms with Crippen molar-refractivity contribution in [1.82, 2.24) is 25.4 Å². The first-order chi connectivity index (χ1) is 12.9. The quantitative estimate of drug-likeness (QED) is 0.659. The van der Waals surface area contributed by atoms with E-state index in [1.165, 1.54) is 12.1 Å². The molecule has 11 heteroatoms. The molecule has 4 rings (SSSR count). The van der Waals surface area contributed by atoms with Crippen LogP contribution in [0.1, 0.15) is 24.3 Å². The van der Waals surface area contributed by atoms with Crippen molar-refractivity contribution in [2.75, 3.05) is 0 Å². The Morgan fingerprint density at radius 2 is 1.74 bits per heavy atom. The molecule has 1 aliphatic rings. The summed E-state index contributed by atoms with van der Waals surface area (Å²) in [7, 11) is 0. The van der Waals surface area contributed by atoms with E-state index in [1.807, 2.05) is 0 Å². The lowest BCUT2D eigenvalue weighted by Gasteiger charge is -2.11. The third-order valence-corrected chi connectivity index (χ3v) is 4.82. The molecule has 3 aromatic rings. The summed E-state index contributed by atoms with van der Waals surface area (Å²) in [5.74, 6) is 0.723. The minimum absolute atomic E-state index is 0.0349. The number of hydrogen-bond acceptors (Lipinski definition) is 6. The van der Waals surface area contributed by atoms with Crippen molar-refractivity contribution in [2.24, 2.45) is 0 Å². The fraction of sp³-hybridized carbons (Fsp3) is 0.188. The lowest BCUT2D eigenvalue weighted by atomic mass is 10.1. The number of hydrogen-bond donors (Lipinski definition) is 2. The van der Waals surface area contributed by atoms with Crippen LogP contribution in [0.4, 0.5) is 0 Å². The van der Waals surface area contributed by atoms with Crippen molar-refractivity contribution in [3.05, 3.63) is 59.8 Å². The third-order valence-electron chi connectivity index (χ3n) is 3.96. The molecule has 0 aliphatic heterocycles.